The summed E-state index contributed by atoms with van der Waals surface area (Å²) in [4.78, 5) is 27.3. The molecule has 3 heterocycles. The van der Waals surface area contributed by atoms with Crippen molar-refractivity contribution in [1.82, 2.24) is 9.47 Å². The number of thiophene rings is 1. The van der Waals surface area contributed by atoms with Gasteiger partial charge in [-0.05, 0) is 48.1 Å². The van der Waals surface area contributed by atoms with Crippen LogP contribution in [0.25, 0.3) is 10.2 Å². The standard InChI is InChI=1S/C20H20FN3O2S/c21-16-3-1-2-13(10-16)12-24-17(11-15-6-9-27-20(15)24)19(26)23-7-4-14(5-8-23)18(22)25/h1-3,6,9-11,14H,4-5,7-8,12H2,(H2,22,25). The van der Waals surface area contributed by atoms with Crippen molar-refractivity contribution in [2.24, 2.45) is 11.7 Å². The lowest BCUT2D eigenvalue weighted by atomic mass is 9.96. The van der Waals surface area contributed by atoms with E-state index in [2.05, 4.69) is 0 Å². The normalized spacial score (nSPS) is 15.4. The molecule has 0 aliphatic carbocycles. The summed E-state index contributed by atoms with van der Waals surface area (Å²) in [7, 11) is 0. The first-order valence-electron chi connectivity index (χ1n) is 8.92. The molecule has 4 rings (SSSR count). The molecule has 1 fully saturated rings. The molecular weight excluding hydrogens is 365 g/mol. The summed E-state index contributed by atoms with van der Waals surface area (Å²) in [6.07, 6.45) is 1.19. The monoisotopic (exact) mass is 385 g/mol. The van der Waals surface area contributed by atoms with Gasteiger partial charge in [0.2, 0.25) is 5.91 Å². The SMILES string of the molecule is NC(=O)C1CCN(C(=O)c2cc3ccsc3n2Cc2cccc(F)c2)CC1. The van der Waals surface area contributed by atoms with E-state index >= 15 is 0 Å². The van der Waals surface area contributed by atoms with Crippen molar-refractivity contribution < 1.29 is 14.0 Å². The Balaban J connectivity index is 1.63. The van der Waals surface area contributed by atoms with Crippen LogP contribution < -0.4 is 5.73 Å². The minimum Gasteiger partial charge on any atom is -0.369 e. The molecule has 1 aliphatic heterocycles. The van der Waals surface area contributed by atoms with Gasteiger partial charge in [0, 0.05) is 30.9 Å². The van der Waals surface area contributed by atoms with Crippen LogP contribution in [0.15, 0.2) is 41.8 Å². The van der Waals surface area contributed by atoms with E-state index in [-0.39, 0.29) is 23.5 Å². The van der Waals surface area contributed by atoms with E-state index in [0.29, 0.717) is 38.2 Å². The summed E-state index contributed by atoms with van der Waals surface area (Å²) < 4.78 is 15.5. The van der Waals surface area contributed by atoms with E-state index in [1.807, 2.05) is 28.1 Å². The highest BCUT2D eigenvalue weighted by molar-refractivity contribution is 7.16. The molecule has 0 spiro atoms. The second-order valence-corrected chi connectivity index (χ2v) is 7.79. The first kappa shape index (κ1) is 17.7. The number of primary amides is 1. The molecule has 0 unspecified atom stereocenters. The molecular formula is C20H20FN3O2S. The Morgan fingerprint density at radius 1 is 1.19 bits per heavy atom. The van der Waals surface area contributed by atoms with E-state index in [1.54, 1.807) is 22.3 Å². The summed E-state index contributed by atoms with van der Waals surface area (Å²) in [5.41, 5.74) is 6.79. The molecule has 5 nitrogen and oxygen atoms in total. The van der Waals surface area contributed by atoms with Gasteiger partial charge in [-0.3, -0.25) is 9.59 Å². The molecule has 0 radical (unpaired) electrons. The molecule has 1 aromatic carbocycles. The third kappa shape index (κ3) is 3.47. The molecule has 140 valence electrons. The van der Waals surface area contributed by atoms with Gasteiger partial charge in [-0.15, -0.1) is 11.3 Å². The Hall–Kier alpha value is -2.67. The van der Waals surface area contributed by atoms with Crippen molar-refractivity contribution in [1.29, 1.82) is 0 Å². The third-order valence-electron chi connectivity index (χ3n) is 5.14. The van der Waals surface area contributed by atoms with Crippen LogP contribution in [0.1, 0.15) is 28.9 Å². The lowest BCUT2D eigenvalue weighted by Gasteiger charge is -2.30. The first-order chi connectivity index (χ1) is 13.0. The summed E-state index contributed by atoms with van der Waals surface area (Å²) in [6.45, 7) is 1.47. The number of rotatable bonds is 4. The first-order valence-corrected chi connectivity index (χ1v) is 9.80. The van der Waals surface area contributed by atoms with Crippen LogP contribution in [-0.2, 0) is 11.3 Å². The maximum Gasteiger partial charge on any atom is 0.270 e. The highest BCUT2D eigenvalue weighted by atomic mass is 32.1. The average Bonchev–Trinajstić information content (AvgIpc) is 3.24. The molecule has 1 saturated heterocycles. The minimum atomic E-state index is -0.294. The Labute approximate surface area is 160 Å². The molecule has 27 heavy (non-hydrogen) atoms. The minimum absolute atomic E-state index is 0.0577. The Kier molecular flexibility index (Phi) is 4.70. The second kappa shape index (κ2) is 7.15. The largest absolute Gasteiger partial charge is 0.369 e. The quantitative estimate of drug-likeness (QED) is 0.749. The molecule has 0 bridgehead atoms. The van der Waals surface area contributed by atoms with Gasteiger partial charge in [0.15, 0.2) is 0 Å². The van der Waals surface area contributed by atoms with Gasteiger partial charge >= 0.3 is 0 Å². The fourth-order valence-electron chi connectivity index (χ4n) is 3.66. The van der Waals surface area contributed by atoms with Crippen molar-refractivity contribution in [3.8, 4) is 0 Å². The van der Waals surface area contributed by atoms with E-state index in [0.717, 1.165) is 15.8 Å². The summed E-state index contributed by atoms with van der Waals surface area (Å²) in [5, 5.41) is 2.99. The van der Waals surface area contributed by atoms with Crippen molar-refractivity contribution in [2.45, 2.75) is 19.4 Å². The molecule has 3 aromatic rings. The van der Waals surface area contributed by atoms with Crippen LogP contribution in [0.2, 0.25) is 0 Å². The zero-order chi connectivity index (χ0) is 19.0. The van der Waals surface area contributed by atoms with Crippen molar-refractivity contribution >= 4 is 33.4 Å². The number of benzene rings is 1. The van der Waals surface area contributed by atoms with Gasteiger partial charge in [0.05, 0.1) is 0 Å². The number of piperidine rings is 1. The van der Waals surface area contributed by atoms with Gasteiger partial charge in [-0.2, -0.15) is 0 Å². The smallest absolute Gasteiger partial charge is 0.270 e. The van der Waals surface area contributed by atoms with Gasteiger partial charge in [0.25, 0.3) is 5.91 Å². The number of carbonyl (C=O) groups is 2. The predicted octanol–water partition coefficient (Wildman–Crippen LogP) is 3.23. The number of halogens is 1. The van der Waals surface area contributed by atoms with Crippen LogP contribution in [-0.4, -0.2) is 34.4 Å². The fraction of sp³-hybridized carbons (Fsp3) is 0.300. The van der Waals surface area contributed by atoms with Crippen LogP contribution >= 0.6 is 11.3 Å². The van der Waals surface area contributed by atoms with Crippen LogP contribution in [0.5, 0.6) is 0 Å². The van der Waals surface area contributed by atoms with E-state index < -0.39 is 0 Å². The molecule has 0 saturated carbocycles. The summed E-state index contributed by atoms with van der Waals surface area (Å²) >= 11 is 1.56. The maximum atomic E-state index is 13.6. The number of hydrogen-bond acceptors (Lipinski definition) is 3. The molecule has 7 heteroatoms. The molecule has 2 aromatic heterocycles. The van der Waals surface area contributed by atoms with Gasteiger partial charge in [-0.25, -0.2) is 4.39 Å². The number of nitrogens with zero attached hydrogens (tertiary/aromatic N) is 2. The van der Waals surface area contributed by atoms with Gasteiger partial charge in [-0.1, -0.05) is 12.1 Å². The van der Waals surface area contributed by atoms with E-state index in [1.165, 1.54) is 12.1 Å². The van der Waals surface area contributed by atoms with Crippen molar-refractivity contribution in [2.75, 3.05) is 13.1 Å². The van der Waals surface area contributed by atoms with Crippen LogP contribution in [0.3, 0.4) is 0 Å². The molecule has 2 N–H and O–H groups in total. The molecule has 2 amide bonds. The highest BCUT2D eigenvalue weighted by Gasteiger charge is 2.28. The lowest BCUT2D eigenvalue weighted by molar-refractivity contribution is -0.123. The molecule has 0 atom stereocenters. The summed E-state index contributed by atoms with van der Waals surface area (Å²) in [5.74, 6) is -0.796. The topological polar surface area (TPSA) is 68.3 Å². The van der Waals surface area contributed by atoms with Crippen LogP contribution in [0, 0.1) is 11.7 Å². The second-order valence-electron chi connectivity index (χ2n) is 6.90. The number of aromatic nitrogens is 1. The Morgan fingerprint density at radius 3 is 2.67 bits per heavy atom. The Bertz CT molecular complexity index is 1000. The van der Waals surface area contributed by atoms with Crippen LogP contribution in [0.4, 0.5) is 4.39 Å². The highest BCUT2D eigenvalue weighted by Crippen LogP contribution is 2.28. The maximum absolute atomic E-state index is 13.6. The van der Waals surface area contributed by atoms with Gasteiger partial charge < -0.3 is 15.2 Å². The number of likely N-dealkylation sites (tertiary alicyclic amines) is 1. The number of fused-ring (bicyclic) bond motifs is 1. The molecule has 1 aliphatic rings. The third-order valence-corrected chi connectivity index (χ3v) is 6.09. The van der Waals surface area contributed by atoms with Crippen molar-refractivity contribution in [3.63, 3.8) is 0 Å². The lowest BCUT2D eigenvalue weighted by Crippen LogP contribution is -2.42. The van der Waals surface area contributed by atoms with E-state index in [9.17, 15) is 14.0 Å². The number of hydrogen-bond donors (Lipinski definition) is 1. The zero-order valence-corrected chi connectivity index (χ0v) is 15.5. The number of carbonyl (C=O) groups excluding carboxylic acids is 2. The number of amides is 2. The predicted molar refractivity (Wildman–Crippen MR) is 103 cm³/mol. The van der Waals surface area contributed by atoms with Crippen molar-refractivity contribution in [3.05, 3.63) is 58.9 Å². The average molecular weight is 385 g/mol. The van der Waals surface area contributed by atoms with Gasteiger partial charge in [0.1, 0.15) is 16.3 Å². The summed E-state index contributed by atoms with van der Waals surface area (Å²) in [6, 6.07) is 10.3. The zero-order valence-electron chi connectivity index (χ0n) is 14.7. The Morgan fingerprint density at radius 2 is 1.96 bits per heavy atom. The fourth-order valence-corrected chi connectivity index (χ4v) is 4.55. The number of nitrogens with two attached hydrogens (primary N) is 1. The van der Waals surface area contributed by atoms with E-state index in [4.69, 9.17) is 5.73 Å².